The summed E-state index contributed by atoms with van der Waals surface area (Å²) in [5.41, 5.74) is 3.25. The van der Waals surface area contributed by atoms with Crippen molar-refractivity contribution in [3.05, 3.63) is 47.0 Å². The number of hydrogen-bond donors (Lipinski definition) is 2. The number of aryl methyl sites for hydroxylation is 2. The maximum absolute atomic E-state index is 14.4. The molecular formula is C18H23FN4O. The van der Waals surface area contributed by atoms with Crippen LogP contribution in [-0.2, 0) is 6.54 Å². The summed E-state index contributed by atoms with van der Waals surface area (Å²) in [5.74, 6) is 0.328. The number of aliphatic hydroxyl groups is 1. The van der Waals surface area contributed by atoms with Gasteiger partial charge in [-0.05, 0) is 50.5 Å². The molecule has 3 rings (SSSR count). The Morgan fingerprint density at radius 2 is 1.83 bits per heavy atom. The molecule has 1 fully saturated rings. The molecule has 24 heavy (non-hydrogen) atoms. The number of halogens is 1. The summed E-state index contributed by atoms with van der Waals surface area (Å²) in [6, 6.07) is 7.19. The highest BCUT2D eigenvalue weighted by atomic mass is 19.1. The number of nitrogens with one attached hydrogen (secondary N) is 1. The average Bonchev–Trinajstić information content (AvgIpc) is 2.53. The topological polar surface area (TPSA) is 61.3 Å². The predicted molar refractivity (Wildman–Crippen MR) is 92.7 cm³/mol. The van der Waals surface area contributed by atoms with Crippen molar-refractivity contribution in [2.75, 3.05) is 23.3 Å². The van der Waals surface area contributed by atoms with E-state index >= 15 is 0 Å². The van der Waals surface area contributed by atoms with Gasteiger partial charge >= 0.3 is 0 Å². The van der Waals surface area contributed by atoms with E-state index in [4.69, 9.17) is 0 Å². The number of aromatic nitrogens is 2. The van der Waals surface area contributed by atoms with Crippen molar-refractivity contribution in [2.45, 2.75) is 39.3 Å². The molecule has 1 aliphatic rings. The van der Waals surface area contributed by atoms with Crippen molar-refractivity contribution in [1.29, 1.82) is 0 Å². The van der Waals surface area contributed by atoms with Crippen LogP contribution in [-0.4, -0.2) is 34.3 Å². The Hall–Kier alpha value is -2.21. The fourth-order valence-corrected chi connectivity index (χ4v) is 3.01. The first kappa shape index (κ1) is 16.6. The lowest BCUT2D eigenvalue weighted by Gasteiger charge is -2.31. The first-order chi connectivity index (χ1) is 11.5. The second-order valence-electron chi connectivity index (χ2n) is 6.33. The van der Waals surface area contributed by atoms with E-state index in [1.807, 2.05) is 36.9 Å². The Kier molecular flexibility index (Phi) is 4.94. The van der Waals surface area contributed by atoms with Gasteiger partial charge in [-0.25, -0.2) is 14.4 Å². The number of hydrogen-bond acceptors (Lipinski definition) is 5. The first-order valence-electron chi connectivity index (χ1n) is 8.29. The van der Waals surface area contributed by atoms with Crippen LogP contribution >= 0.6 is 0 Å². The normalized spacial score (nSPS) is 15.6. The number of benzene rings is 1. The number of piperidine rings is 1. The number of anilines is 2. The summed E-state index contributed by atoms with van der Waals surface area (Å²) in [6.45, 7) is 5.69. The van der Waals surface area contributed by atoms with Gasteiger partial charge in [0.05, 0.1) is 11.8 Å². The summed E-state index contributed by atoms with van der Waals surface area (Å²) in [6.07, 6.45) is 1.12. The Morgan fingerprint density at radius 3 is 2.46 bits per heavy atom. The zero-order chi connectivity index (χ0) is 17.1. The molecule has 0 amide bonds. The van der Waals surface area contributed by atoms with Gasteiger partial charge in [0.1, 0.15) is 5.82 Å². The quantitative estimate of drug-likeness (QED) is 0.903. The third-order valence-corrected chi connectivity index (χ3v) is 4.25. The van der Waals surface area contributed by atoms with Crippen LogP contribution in [0, 0.1) is 19.7 Å². The van der Waals surface area contributed by atoms with Crippen LogP contribution in [0.3, 0.4) is 0 Å². The third kappa shape index (κ3) is 4.00. The van der Waals surface area contributed by atoms with E-state index in [2.05, 4.69) is 15.3 Å². The lowest BCUT2D eigenvalue weighted by Crippen LogP contribution is -2.36. The van der Waals surface area contributed by atoms with Gasteiger partial charge in [-0.2, -0.15) is 0 Å². The predicted octanol–water partition coefficient (Wildman–Crippen LogP) is 2.81. The average molecular weight is 330 g/mol. The molecule has 0 unspecified atom stereocenters. The monoisotopic (exact) mass is 330 g/mol. The molecule has 2 heterocycles. The summed E-state index contributed by atoms with van der Waals surface area (Å²) in [7, 11) is 0. The molecule has 1 saturated heterocycles. The number of rotatable bonds is 4. The van der Waals surface area contributed by atoms with Crippen molar-refractivity contribution < 1.29 is 9.50 Å². The summed E-state index contributed by atoms with van der Waals surface area (Å²) in [5, 5.41) is 12.7. The molecule has 0 saturated carbocycles. The highest BCUT2D eigenvalue weighted by Crippen LogP contribution is 2.24. The van der Waals surface area contributed by atoms with E-state index in [0.717, 1.165) is 17.0 Å². The zero-order valence-corrected chi connectivity index (χ0v) is 14.1. The molecule has 2 aromatic rings. The maximum Gasteiger partial charge on any atom is 0.223 e. The molecule has 1 aromatic carbocycles. The molecule has 1 aromatic heterocycles. The Labute approximate surface area is 141 Å². The second-order valence-corrected chi connectivity index (χ2v) is 6.33. The maximum atomic E-state index is 14.4. The molecule has 0 bridgehead atoms. The largest absolute Gasteiger partial charge is 0.393 e. The van der Waals surface area contributed by atoms with Crippen LogP contribution in [0.1, 0.15) is 29.8 Å². The van der Waals surface area contributed by atoms with Crippen molar-refractivity contribution in [2.24, 2.45) is 0 Å². The van der Waals surface area contributed by atoms with Crippen LogP contribution < -0.4 is 10.2 Å². The van der Waals surface area contributed by atoms with Gasteiger partial charge < -0.3 is 15.3 Å². The van der Waals surface area contributed by atoms with Crippen LogP contribution in [0.2, 0.25) is 0 Å². The Balaban J connectivity index is 1.66. The first-order valence-corrected chi connectivity index (χ1v) is 8.29. The highest BCUT2D eigenvalue weighted by molar-refractivity contribution is 5.50. The molecule has 6 heteroatoms. The van der Waals surface area contributed by atoms with Crippen molar-refractivity contribution in [1.82, 2.24) is 9.97 Å². The minimum absolute atomic E-state index is 0.230. The van der Waals surface area contributed by atoms with Gasteiger partial charge in [-0.1, -0.05) is 6.07 Å². The highest BCUT2D eigenvalue weighted by Gasteiger charge is 2.19. The van der Waals surface area contributed by atoms with Gasteiger partial charge in [0.25, 0.3) is 0 Å². The van der Waals surface area contributed by atoms with Gasteiger partial charge in [-0.15, -0.1) is 0 Å². The third-order valence-electron chi connectivity index (χ3n) is 4.25. The molecule has 0 spiro atoms. The van der Waals surface area contributed by atoms with Crippen molar-refractivity contribution in [3.8, 4) is 0 Å². The SMILES string of the molecule is Cc1cc(C)nc(NCc2ccc(N3CCC(O)CC3)c(F)c2)n1. The molecule has 0 aliphatic carbocycles. The van der Waals surface area contributed by atoms with Gasteiger partial charge in [0, 0.05) is 31.0 Å². The minimum Gasteiger partial charge on any atom is -0.393 e. The van der Waals surface area contributed by atoms with E-state index in [9.17, 15) is 9.50 Å². The molecule has 5 nitrogen and oxygen atoms in total. The van der Waals surface area contributed by atoms with E-state index in [0.29, 0.717) is 44.1 Å². The summed E-state index contributed by atoms with van der Waals surface area (Å²) in [4.78, 5) is 10.6. The number of aliphatic hydroxyl groups excluding tert-OH is 1. The second kappa shape index (κ2) is 7.13. The van der Waals surface area contributed by atoms with E-state index in [-0.39, 0.29) is 11.9 Å². The van der Waals surface area contributed by atoms with Crippen LogP contribution in [0.15, 0.2) is 24.3 Å². The molecule has 1 aliphatic heterocycles. The molecule has 0 atom stereocenters. The molecule has 0 radical (unpaired) electrons. The Morgan fingerprint density at radius 1 is 1.17 bits per heavy atom. The van der Waals surface area contributed by atoms with E-state index < -0.39 is 0 Å². The zero-order valence-electron chi connectivity index (χ0n) is 14.1. The summed E-state index contributed by atoms with van der Waals surface area (Å²) < 4.78 is 14.4. The van der Waals surface area contributed by atoms with Crippen LogP contribution in [0.25, 0.3) is 0 Å². The molecular weight excluding hydrogens is 307 g/mol. The lowest BCUT2D eigenvalue weighted by molar-refractivity contribution is 0.145. The fourth-order valence-electron chi connectivity index (χ4n) is 3.01. The van der Waals surface area contributed by atoms with Gasteiger partial charge in [0.15, 0.2) is 0 Å². The molecule has 2 N–H and O–H groups in total. The van der Waals surface area contributed by atoms with Gasteiger partial charge in [-0.3, -0.25) is 0 Å². The van der Waals surface area contributed by atoms with Crippen LogP contribution in [0.4, 0.5) is 16.0 Å². The lowest BCUT2D eigenvalue weighted by atomic mass is 10.1. The smallest absolute Gasteiger partial charge is 0.223 e. The van der Waals surface area contributed by atoms with Crippen molar-refractivity contribution in [3.63, 3.8) is 0 Å². The fraction of sp³-hybridized carbons (Fsp3) is 0.444. The van der Waals surface area contributed by atoms with E-state index in [1.165, 1.54) is 0 Å². The van der Waals surface area contributed by atoms with Gasteiger partial charge in [0.2, 0.25) is 5.95 Å². The minimum atomic E-state index is -0.259. The molecule has 128 valence electrons. The standard InChI is InChI=1S/C18H23FN4O/c1-12-9-13(2)22-18(21-12)20-11-14-3-4-17(16(19)10-14)23-7-5-15(24)6-8-23/h3-4,9-10,15,24H,5-8,11H2,1-2H3,(H,20,21,22). The number of nitrogens with zero attached hydrogens (tertiary/aromatic N) is 3. The Bertz CT molecular complexity index is 694. The summed E-state index contributed by atoms with van der Waals surface area (Å²) >= 11 is 0. The van der Waals surface area contributed by atoms with Crippen molar-refractivity contribution >= 4 is 11.6 Å². The van der Waals surface area contributed by atoms with Crippen LogP contribution in [0.5, 0.6) is 0 Å². The van der Waals surface area contributed by atoms with E-state index in [1.54, 1.807) is 6.07 Å².